The number of pyridine rings is 1. The lowest BCUT2D eigenvalue weighted by molar-refractivity contribution is 0.495. The van der Waals surface area contributed by atoms with Gasteiger partial charge in [-0.05, 0) is 25.8 Å². The fourth-order valence-corrected chi connectivity index (χ4v) is 4.50. The third-order valence-corrected chi connectivity index (χ3v) is 6.16. The monoisotopic (exact) mass is 392 g/mol. The summed E-state index contributed by atoms with van der Waals surface area (Å²) in [6.45, 7) is 8.11. The van der Waals surface area contributed by atoms with Crippen molar-refractivity contribution >= 4 is 22.5 Å². The highest BCUT2D eigenvalue weighted by Gasteiger charge is 2.24. The van der Waals surface area contributed by atoms with Crippen molar-refractivity contribution in [2.75, 3.05) is 49.1 Å². The van der Waals surface area contributed by atoms with Gasteiger partial charge in [0.2, 0.25) is 0 Å². The quantitative estimate of drug-likeness (QED) is 0.729. The van der Waals surface area contributed by atoms with Gasteiger partial charge in [-0.1, -0.05) is 0 Å². The van der Waals surface area contributed by atoms with E-state index in [1.54, 1.807) is 0 Å². The van der Waals surface area contributed by atoms with Gasteiger partial charge in [0.15, 0.2) is 5.65 Å². The molecule has 0 bridgehead atoms. The number of fused-ring (bicyclic) bond motifs is 1. The molecule has 8 nitrogen and oxygen atoms in total. The van der Waals surface area contributed by atoms with E-state index in [9.17, 15) is 0 Å². The minimum absolute atomic E-state index is 0.475. The first-order valence-corrected chi connectivity index (χ1v) is 10.5. The molecule has 0 aliphatic carbocycles. The number of hydrogen-bond acceptors (Lipinski definition) is 7. The average Bonchev–Trinajstić information content (AvgIpc) is 3.15. The van der Waals surface area contributed by atoms with Gasteiger partial charge in [-0.25, -0.2) is 9.97 Å². The summed E-state index contributed by atoms with van der Waals surface area (Å²) >= 11 is 0. The maximum atomic E-state index is 4.78. The Bertz CT molecular complexity index is 982. The van der Waals surface area contributed by atoms with Crippen molar-refractivity contribution in [1.82, 2.24) is 30.0 Å². The highest BCUT2D eigenvalue weighted by Crippen LogP contribution is 2.33. The van der Waals surface area contributed by atoms with E-state index < -0.39 is 0 Å². The summed E-state index contributed by atoms with van der Waals surface area (Å²) in [4.78, 5) is 18.9. The number of hydrogen-bond donors (Lipinski definition) is 1. The number of rotatable bonds is 3. The number of aromatic nitrogens is 5. The molecule has 5 rings (SSSR count). The molecule has 3 aromatic heterocycles. The number of nitrogens with one attached hydrogen (secondary N) is 1. The zero-order valence-electron chi connectivity index (χ0n) is 17.2. The fourth-order valence-electron chi connectivity index (χ4n) is 4.50. The minimum atomic E-state index is 0.475. The van der Waals surface area contributed by atoms with Crippen LogP contribution in [-0.2, 0) is 7.05 Å². The summed E-state index contributed by atoms with van der Waals surface area (Å²) in [5, 5.41) is 8.92. The van der Waals surface area contributed by atoms with Crippen LogP contribution in [0, 0.1) is 6.92 Å². The largest absolute Gasteiger partial charge is 0.371 e. The number of anilines is 2. The molecular formula is C21H28N8. The molecule has 2 fully saturated rings. The lowest BCUT2D eigenvalue weighted by Gasteiger charge is -2.34. The molecule has 0 atom stereocenters. The number of nitrogens with zero attached hydrogens (tertiary/aromatic N) is 7. The number of piperidine rings is 1. The minimum Gasteiger partial charge on any atom is -0.371 e. The Kier molecular flexibility index (Phi) is 4.79. The third kappa shape index (κ3) is 3.53. The maximum Gasteiger partial charge on any atom is 0.159 e. The van der Waals surface area contributed by atoms with Gasteiger partial charge in [-0.2, -0.15) is 5.10 Å². The maximum absolute atomic E-state index is 4.78. The summed E-state index contributed by atoms with van der Waals surface area (Å²) in [6, 6.07) is 2.19. The van der Waals surface area contributed by atoms with Crippen LogP contribution in [-0.4, -0.2) is 64.0 Å². The van der Waals surface area contributed by atoms with Crippen LogP contribution in [0.1, 0.15) is 30.1 Å². The van der Waals surface area contributed by atoms with E-state index in [0.717, 1.165) is 80.3 Å². The van der Waals surface area contributed by atoms with E-state index in [0.29, 0.717) is 5.92 Å². The average molecular weight is 393 g/mol. The number of aryl methyl sites for hydroxylation is 2. The van der Waals surface area contributed by atoms with E-state index in [1.165, 1.54) is 5.69 Å². The Morgan fingerprint density at radius 1 is 0.966 bits per heavy atom. The van der Waals surface area contributed by atoms with Gasteiger partial charge in [-0.3, -0.25) is 9.67 Å². The summed E-state index contributed by atoms with van der Waals surface area (Å²) in [6.07, 6.45) is 8.06. The Hall–Kier alpha value is -2.74. The predicted molar refractivity (Wildman–Crippen MR) is 115 cm³/mol. The highest BCUT2D eigenvalue weighted by molar-refractivity contribution is 5.89. The molecule has 0 aromatic carbocycles. The van der Waals surface area contributed by atoms with Crippen LogP contribution >= 0.6 is 0 Å². The van der Waals surface area contributed by atoms with E-state index >= 15 is 0 Å². The van der Waals surface area contributed by atoms with Crippen LogP contribution in [0.3, 0.4) is 0 Å². The first kappa shape index (κ1) is 18.3. The van der Waals surface area contributed by atoms with Crippen LogP contribution in [0.5, 0.6) is 0 Å². The Morgan fingerprint density at radius 3 is 2.48 bits per heavy atom. The van der Waals surface area contributed by atoms with Gasteiger partial charge in [0.25, 0.3) is 0 Å². The molecule has 0 unspecified atom stereocenters. The van der Waals surface area contributed by atoms with Crippen molar-refractivity contribution in [3.8, 4) is 0 Å². The molecule has 1 N–H and O–H groups in total. The lowest BCUT2D eigenvalue weighted by atomic mass is 9.93. The van der Waals surface area contributed by atoms with Crippen molar-refractivity contribution in [3.63, 3.8) is 0 Å². The van der Waals surface area contributed by atoms with Crippen LogP contribution in [0.4, 0.5) is 11.5 Å². The van der Waals surface area contributed by atoms with E-state index in [4.69, 9.17) is 9.97 Å². The standard InChI is InChI=1S/C21H28N8/c1-15-11-19(17-12-25-27(2)21(17)26-15)28-7-3-16(4-8-28)18-13-24-20(14-23-18)29-9-5-22-6-10-29/h11-14,16,22H,3-10H2,1-2H3. The van der Waals surface area contributed by atoms with E-state index in [-0.39, 0.29) is 0 Å². The molecule has 2 aliphatic rings. The van der Waals surface area contributed by atoms with E-state index in [2.05, 4.69) is 38.2 Å². The Balaban J connectivity index is 1.28. The molecule has 0 radical (unpaired) electrons. The topological polar surface area (TPSA) is 75.0 Å². The van der Waals surface area contributed by atoms with Gasteiger partial charge in [0.05, 0.1) is 35.4 Å². The van der Waals surface area contributed by atoms with E-state index in [1.807, 2.05) is 30.3 Å². The fraction of sp³-hybridized carbons (Fsp3) is 0.524. The normalized spacial score (nSPS) is 18.6. The van der Waals surface area contributed by atoms with Crippen molar-refractivity contribution in [3.05, 3.63) is 36.0 Å². The second-order valence-electron chi connectivity index (χ2n) is 8.09. The molecule has 3 aromatic rings. The molecule has 152 valence electrons. The van der Waals surface area contributed by atoms with Crippen LogP contribution in [0.2, 0.25) is 0 Å². The molecule has 2 aliphatic heterocycles. The van der Waals surface area contributed by atoms with Gasteiger partial charge in [0, 0.05) is 57.9 Å². The first-order valence-electron chi connectivity index (χ1n) is 10.5. The molecule has 0 saturated carbocycles. The zero-order chi connectivity index (χ0) is 19.8. The Morgan fingerprint density at radius 2 is 1.76 bits per heavy atom. The molecule has 29 heavy (non-hydrogen) atoms. The van der Waals surface area contributed by atoms with Gasteiger partial charge < -0.3 is 15.1 Å². The predicted octanol–water partition coefficient (Wildman–Crippen LogP) is 1.86. The SMILES string of the molecule is Cc1cc(N2CCC(c3cnc(N4CCNCC4)cn3)CC2)c2cnn(C)c2n1. The highest BCUT2D eigenvalue weighted by atomic mass is 15.3. The smallest absolute Gasteiger partial charge is 0.159 e. The second kappa shape index (κ2) is 7.59. The molecule has 5 heterocycles. The van der Waals surface area contributed by atoms with Gasteiger partial charge in [0.1, 0.15) is 5.82 Å². The molecule has 0 spiro atoms. The Labute approximate surface area is 171 Å². The van der Waals surface area contributed by atoms with Crippen LogP contribution < -0.4 is 15.1 Å². The summed E-state index contributed by atoms with van der Waals surface area (Å²) in [5.41, 5.74) is 4.37. The summed E-state index contributed by atoms with van der Waals surface area (Å²) < 4.78 is 1.86. The van der Waals surface area contributed by atoms with Crippen LogP contribution in [0.25, 0.3) is 11.0 Å². The summed E-state index contributed by atoms with van der Waals surface area (Å²) in [5.74, 6) is 1.47. The molecule has 8 heteroatoms. The first-order chi connectivity index (χ1) is 14.2. The molecular weight excluding hydrogens is 364 g/mol. The van der Waals surface area contributed by atoms with Crippen molar-refractivity contribution in [1.29, 1.82) is 0 Å². The number of piperazine rings is 1. The summed E-state index contributed by atoms with van der Waals surface area (Å²) in [7, 11) is 1.95. The van der Waals surface area contributed by atoms with Crippen molar-refractivity contribution in [2.24, 2.45) is 7.05 Å². The van der Waals surface area contributed by atoms with Crippen molar-refractivity contribution < 1.29 is 0 Å². The third-order valence-electron chi connectivity index (χ3n) is 6.16. The molecule has 2 saturated heterocycles. The zero-order valence-corrected chi connectivity index (χ0v) is 17.2. The van der Waals surface area contributed by atoms with Gasteiger partial charge >= 0.3 is 0 Å². The van der Waals surface area contributed by atoms with Gasteiger partial charge in [-0.15, -0.1) is 0 Å². The second-order valence-corrected chi connectivity index (χ2v) is 8.09. The molecule has 0 amide bonds. The van der Waals surface area contributed by atoms with Crippen LogP contribution in [0.15, 0.2) is 24.7 Å². The lowest BCUT2D eigenvalue weighted by Crippen LogP contribution is -2.44. The van der Waals surface area contributed by atoms with Crippen molar-refractivity contribution in [2.45, 2.75) is 25.7 Å².